The molecular formula is C23H20N3O3+. The number of aryl methyl sites for hydroxylation is 1. The number of aromatic nitrogens is 2. The second-order valence-electron chi connectivity index (χ2n) is 7.28. The van der Waals surface area contributed by atoms with Crippen LogP contribution < -0.4 is 9.30 Å². The SMILES string of the molecule is COc1ccc2[nH]c3c(C)cc4c(c3c2c1)C(=O)N(CC[n+]1ccccc1)C4=O. The number of amides is 2. The maximum absolute atomic E-state index is 13.3. The quantitative estimate of drug-likeness (QED) is 0.433. The van der Waals surface area contributed by atoms with Crippen LogP contribution in [0, 0.1) is 6.92 Å². The normalized spacial score (nSPS) is 13.5. The van der Waals surface area contributed by atoms with E-state index in [1.54, 1.807) is 7.11 Å². The summed E-state index contributed by atoms with van der Waals surface area (Å²) in [4.78, 5) is 31.1. The molecule has 0 unspecified atom stereocenters. The molecule has 0 bridgehead atoms. The molecule has 0 aliphatic carbocycles. The number of methoxy groups -OCH3 is 1. The summed E-state index contributed by atoms with van der Waals surface area (Å²) in [7, 11) is 1.61. The van der Waals surface area contributed by atoms with Crippen LogP contribution in [0.5, 0.6) is 5.75 Å². The first-order valence-electron chi connectivity index (χ1n) is 9.52. The standard InChI is InChI=1S/C23H19N3O3/c1-14-12-17-20(19-16-13-15(29-2)6-7-18(16)24-21(14)19)23(28)26(22(17)27)11-10-25-8-4-3-5-9-25/h3-9,12-13H,10-11H2,1-2H3/p+1. The predicted octanol–water partition coefficient (Wildman–Crippen LogP) is 3.22. The highest BCUT2D eigenvalue weighted by molar-refractivity contribution is 6.30. The van der Waals surface area contributed by atoms with Crippen LogP contribution in [0.2, 0.25) is 0 Å². The minimum atomic E-state index is -0.241. The number of hydrogen-bond donors (Lipinski definition) is 1. The van der Waals surface area contributed by atoms with Gasteiger partial charge in [0.2, 0.25) is 0 Å². The summed E-state index contributed by atoms with van der Waals surface area (Å²) in [5, 5.41) is 1.68. The van der Waals surface area contributed by atoms with Crippen molar-refractivity contribution >= 4 is 33.6 Å². The Labute approximate surface area is 167 Å². The molecule has 144 valence electrons. The van der Waals surface area contributed by atoms with Gasteiger partial charge in [-0.2, -0.15) is 0 Å². The summed E-state index contributed by atoms with van der Waals surface area (Å²) in [5.41, 5.74) is 3.69. The second-order valence-corrected chi connectivity index (χ2v) is 7.28. The Morgan fingerprint density at radius 1 is 1.07 bits per heavy atom. The van der Waals surface area contributed by atoms with Gasteiger partial charge in [-0.25, -0.2) is 4.57 Å². The van der Waals surface area contributed by atoms with E-state index in [0.29, 0.717) is 30.0 Å². The molecule has 29 heavy (non-hydrogen) atoms. The van der Waals surface area contributed by atoms with E-state index in [0.717, 1.165) is 27.4 Å². The molecule has 3 heterocycles. The summed E-state index contributed by atoms with van der Waals surface area (Å²) in [5.74, 6) is 0.238. The number of rotatable bonds is 4. The number of pyridine rings is 1. The summed E-state index contributed by atoms with van der Waals surface area (Å²) in [6, 6.07) is 13.3. The van der Waals surface area contributed by atoms with Crippen LogP contribution in [0.4, 0.5) is 0 Å². The molecule has 0 spiro atoms. The van der Waals surface area contributed by atoms with Crippen molar-refractivity contribution in [1.82, 2.24) is 9.88 Å². The Hall–Kier alpha value is -3.67. The van der Waals surface area contributed by atoms with Crippen LogP contribution in [-0.2, 0) is 6.54 Å². The van der Waals surface area contributed by atoms with Crippen LogP contribution in [0.15, 0.2) is 54.9 Å². The molecule has 6 nitrogen and oxygen atoms in total. The lowest BCUT2D eigenvalue weighted by atomic mass is 9.99. The van der Waals surface area contributed by atoms with Crippen LogP contribution >= 0.6 is 0 Å². The maximum atomic E-state index is 13.3. The van der Waals surface area contributed by atoms with E-state index < -0.39 is 0 Å². The summed E-state index contributed by atoms with van der Waals surface area (Å²) in [6.45, 7) is 2.83. The minimum Gasteiger partial charge on any atom is -0.497 e. The lowest BCUT2D eigenvalue weighted by molar-refractivity contribution is -0.695. The molecule has 0 fully saturated rings. The third kappa shape index (κ3) is 2.60. The fraction of sp³-hybridized carbons (Fsp3) is 0.174. The van der Waals surface area contributed by atoms with Gasteiger partial charge in [0.1, 0.15) is 5.75 Å². The fourth-order valence-corrected chi connectivity index (χ4v) is 4.11. The van der Waals surface area contributed by atoms with Gasteiger partial charge in [-0.1, -0.05) is 6.07 Å². The number of nitrogens with zero attached hydrogens (tertiary/aromatic N) is 2. The summed E-state index contributed by atoms with van der Waals surface area (Å²) in [6.07, 6.45) is 3.85. The van der Waals surface area contributed by atoms with Gasteiger partial charge in [0.25, 0.3) is 11.8 Å². The van der Waals surface area contributed by atoms with Crippen molar-refractivity contribution < 1.29 is 18.9 Å². The predicted molar refractivity (Wildman–Crippen MR) is 109 cm³/mol. The zero-order chi connectivity index (χ0) is 20.1. The Balaban J connectivity index is 1.64. The van der Waals surface area contributed by atoms with Crippen molar-refractivity contribution in [3.8, 4) is 5.75 Å². The van der Waals surface area contributed by atoms with Crippen LogP contribution in [-0.4, -0.2) is 35.4 Å². The second kappa shape index (κ2) is 6.44. The highest BCUT2D eigenvalue weighted by Gasteiger charge is 2.38. The average Bonchev–Trinajstić information content (AvgIpc) is 3.23. The Morgan fingerprint density at radius 3 is 2.62 bits per heavy atom. The molecule has 0 saturated heterocycles. The van der Waals surface area contributed by atoms with Crippen molar-refractivity contribution in [2.24, 2.45) is 0 Å². The Morgan fingerprint density at radius 2 is 1.86 bits per heavy atom. The van der Waals surface area contributed by atoms with Crippen LogP contribution in [0.1, 0.15) is 26.3 Å². The number of carbonyl (C=O) groups excluding carboxylic acids is 2. The molecular weight excluding hydrogens is 366 g/mol. The molecule has 6 heteroatoms. The molecule has 1 N–H and O–H groups in total. The largest absolute Gasteiger partial charge is 0.497 e. The number of ether oxygens (including phenoxy) is 1. The number of hydrogen-bond acceptors (Lipinski definition) is 3. The molecule has 1 aliphatic rings. The first-order chi connectivity index (χ1) is 14.1. The zero-order valence-electron chi connectivity index (χ0n) is 16.2. The van der Waals surface area contributed by atoms with Crippen molar-refractivity contribution in [3.63, 3.8) is 0 Å². The third-order valence-electron chi connectivity index (χ3n) is 5.57. The van der Waals surface area contributed by atoms with E-state index in [4.69, 9.17) is 4.74 Å². The maximum Gasteiger partial charge on any atom is 0.262 e. The van der Waals surface area contributed by atoms with E-state index >= 15 is 0 Å². The highest BCUT2D eigenvalue weighted by atomic mass is 16.5. The third-order valence-corrected chi connectivity index (χ3v) is 5.57. The first kappa shape index (κ1) is 17.4. The van der Waals surface area contributed by atoms with Crippen molar-refractivity contribution in [2.45, 2.75) is 13.5 Å². The van der Waals surface area contributed by atoms with Gasteiger partial charge in [0, 0.05) is 28.4 Å². The van der Waals surface area contributed by atoms with E-state index in [1.807, 2.05) is 66.3 Å². The van der Waals surface area contributed by atoms with Crippen LogP contribution in [0.3, 0.4) is 0 Å². The van der Waals surface area contributed by atoms with Gasteiger partial charge in [-0.15, -0.1) is 0 Å². The monoisotopic (exact) mass is 386 g/mol. The van der Waals surface area contributed by atoms with Gasteiger partial charge in [0.05, 0.1) is 30.3 Å². The van der Waals surface area contributed by atoms with Gasteiger partial charge in [0.15, 0.2) is 18.9 Å². The average molecular weight is 386 g/mol. The van der Waals surface area contributed by atoms with Crippen molar-refractivity contribution in [2.75, 3.05) is 13.7 Å². The lowest BCUT2D eigenvalue weighted by Crippen LogP contribution is -2.42. The fourth-order valence-electron chi connectivity index (χ4n) is 4.11. The molecule has 2 amide bonds. The molecule has 0 radical (unpaired) electrons. The molecule has 1 aliphatic heterocycles. The molecule has 2 aromatic heterocycles. The highest BCUT2D eigenvalue weighted by Crippen LogP contribution is 2.38. The molecule has 0 saturated carbocycles. The number of fused-ring (bicyclic) bond motifs is 5. The van der Waals surface area contributed by atoms with Gasteiger partial charge in [-0.3, -0.25) is 14.5 Å². The van der Waals surface area contributed by atoms with E-state index in [-0.39, 0.29) is 11.8 Å². The van der Waals surface area contributed by atoms with Crippen molar-refractivity contribution in [3.05, 3.63) is 71.5 Å². The molecule has 5 rings (SSSR count). The summed E-state index contributed by atoms with van der Waals surface area (Å²) < 4.78 is 7.33. The minimum absolute atomic E-state index is 0.233. The van der Waals surface area contributed by atoms with E-state index in [1.165, 1.54) is 4.90 Å². The number of aromatic amines is 1. The number of H-pyrrole nitrogens is 1. The summed E-state index contributed by atoms with van der Waals surface area (Å²) >= 11 is 0. The number of carbonyl (C=O) groups is 2. The van der Waals surface area contributed by atoms with E-state index in [2.05, 4.69) is 4.98 Å². The van der Waals surface area contributed by atoms with E-state index in [9.17, 15) is 9.59 Å². The zero-order valence-corrected chi connectivity index (χ0v) is 16.2. The molecule has 4 aromatic rings. The number of imide groups is 1. The lowest BCUT2D eigenvalue weighted by Gasteiger charge is -2.11. The van der Waals surface area contributed by atoms with Crippen molar-refractivity contribution in [1.29, 1.82) is 0 Å². The number of benzene rings is 2. The van der Waals surface area contributed by atoms with Gasteiger partial charge in [-0.05, 0) is 36.8 Å². The number of nitrogens with one attached hydrogen (secondary N) is 1. The topological polar surface area (TPSA) is 66.3 Å². The van der Waals surface area contributed by atoms with Crippen LogP contribution in [0.25, 0.3) is 21.8 Å². The first-order valence-corrected chi connectivity index (χ1v) is 9.52. The van der Waals surface area contributed by atoms with Gasteiger partial charge >= 0.3 is 0 Å². The Bertz CT molecular complexity index is 1290. The Kier molecular flexibility index (Phi) is 3.87. The molecule has 0 atom stereocenters. The van der Waals surface area contributed by atoms with Gasteiger partial charge < -0.3 is 9.72 Å². The smallest absolute Gasteiger partial charge is 0.262 e. The molecule has 2 aromatic carbocycles.